The van der Waals surface area contributed by atoms with E-state index in [4.69, 9.17) is 4.52 Å². The standard InChI is InChI=1S/C13H17N5OS/c1-2-6-18-7-4-9(11(18)3-1)14-13-16-15-12(20-13)10-5-8-19-17-10/h5,8-9,11H,1-4,6-7H2,(H,14,16). The third-order valence-corrected chi connectivity index (χ3v) is 5.12. The number of aromatic nitrogens is 3. The smallest absolute Gasteiger partial charge is 0.206 e. The highest BCUT2D eigenvalue weighted by Gasteiger charge is 2.35. The minimum atomic E-state index is 0.508. The van der Waals surface area contributed by atoms with Crippen LogP contribution in [0.1, 0.15) is 25.7 Å². The van der Waals surface area contributed by atoms with Gasteiger partial charge in [-0.1, -0.05) is 22.9 Å². The molecule has 0 aliphatic carbocycles. The number of nitrogens with zero attached hydrogens (tertiary/aromatic N) is 4. The van der Waals surface area contributed by atoms with Crippen LogP contribution in [0.5, 0.6) is 0 Å². The van der Waals surface area contributed by atoms with E-state index in [0.717, 1.165) is 15.8 Å². The van der Waals surface area contributed by atoms with Gasteiger partial charge >= 0.3 is 0 Å². The molecule has 2 atom stereocenters. The lowest BCUT2D eigenvalue weighted by Crippen LogP contribution is -2.41. The van der Waals surface area contributed by atoms with E-state index in [1.807, 2.05) is 6.07 Å². The van der Waals surface area contributed by atoms with Crippen LogP contribution in [-0.2, 0) is 0 Å². The average molecular weight is 291 g/mol. The minimum Gasteiger partial charge on any atom is -0.364 e. The quantitative estimate of drug-likeness (QED) is 0.935. The van der Waals surface area contributed by atoms with Crippen LogP contribution >= 0.6 is 11.3 Å². The van der Waals surface area contributed by atoms with E-state index in [-0.39, 0.29) is 0 Å². The Morgan fingerprint density at radius 2 is 2.25 bits per heavy atom. The summed E-state index contributed by atoms with van der Waals surface area (Å²) < 4.78 is 4.84. The van der Waals surface area contributed by atoms with Gasteiger partial charge in [-0.2, -0.15) is 0 Å². The fourth-order valence-corrected chi connectivity index (χ4v) is 4.05. The summed E-state index contributed by atoms with van der Waals surface area (Å²) in [4.78, 5) is 2.61. The maximum atomic E-state index is 4.84. The Morgan fingerprint density at radius 1 is 1.25 bits per heavy atom. The molecule has 2 saturated heterocycles. The lowest BCUT2D eigenvalue weighted by molar-refractivity contribution is 0.192. The van der Waals surface area contributed by atoms with Crippen molar-refractivity contribution < 1.29 is 4.52 Å². The van der Waals surface area contributed by atoms with Gasteiger partial charge in [0.25, 0.3) is 0 Å². The zero-order valence-electron chi connectivity index (χ0n) is 11.2. The summed E-state index contributed by atoms with van der Waals surface area (Å²) in [7, 11) is 0. The summed E-state index contributed by atoms with van der Waals surface area (Å²) in [5.41, 5.74) is 0.751. The summed E-state index contributed by atoms with van der Waals surface area (Å²) in [5.74, 6) is 0. The van der Waals surface area contributed by atoms with E-state index in [1.165, 1.54) is 38.8 Å². The first kappa shape index (κ1) is 12.3. The number of fused-ring (bicyclic) bond motifs is 1. The summed E-state index contributed by atoms with van der Waals surface area (Å²) in [6.07, 6.45) is 6.74. The molecule has 2 aliphatic rings. The molecule has 0 amide bonds. The number of nitrogens with one attached hydrogen (secondary N) is 1. The normalized spacial score (nSPS) is 26.6. The van der Waals surface area contributed by atoms with Gasteiger partial charge in [-0.3, -0.25) is 4.90 Å². The Balaban J connectivity index is 1.47. The van der Waals surface area contributed by atoms with E-state index in [1.54, 1.807) is 17.6 Å². The first-order valence-electron chi connectivity index (χ1n) is 7.15. The Morgan fingerprint density at radius 3 is 3.15 bits per heavy atom. The third kappa shape index (κ3) is 2.20. The Kier molecular flexibility index (Phi) is 3.16. The molecule has 2 fully saturated rings. The Labute approximate surface area is 121 Å². The molecule has 1 N–H and O–H groups in total. The molecule has 20 heavy (non-hydrogen) atoms. The lowest BCUT2D eigenvalue weighted by atomic mass is 9.99. The number of rotatable bonds is 3. The molecule has 0 spiro atoms. The second-order valence-electron chi connectivity index (χ2n) is 5.44. The molecule has 0 aromatic carbocycles. The molecule has 2 aromatic heterocycles. The predicted octanol–water partition coefficient (Wildman–Crippen LogP) is 2.23. The SMILES string of the molecule is c1cc(-c2nnc(NC3CCN4CCCCC34)s2)no1. The molecule has 2 unspecified atom stereocenters. The van der Waals surface area contributed by atoms with Crippen molar-refractivity contribution in [3.8, 4) is 10.7 Å². The highest BCUT2D eigenvalue weighted by atomic mass is 32.1. The average Bonchev–Trinajstić information content (AvgIpc) is 3.19. The van der Waals surface area contributed by atoms with Gasteiger partial charge < -0.3 is 9.84 Å². The zero-order valence-corrected chi connectivity index (χ0v) is 12.0. The monoisotopic (exact) mass is 291 g/mol. The van der Waals surface area contributed by atoms with E-state index in [0.29, 0.717) is 12.1 Å². The molecule has 106 valence electrons. The third-order valence-electron chi connectivity index (χ3n) is 4.25. The fraction of sp³-hybridized carbons (Fsp3) is 0.615. The molecule has 4 rings (SSSR count). The van der Waals surface area contributed by atoms with Crippen molar-refractivity contribution in [3.05, 3.63) is 12.3 Å². The van der Waals surface area contributed by atoms with Crippen molar-refractivity contribution in [2.24, 2.45) is 0 Å². The largest absolute Gasteiger partial charge is 0.364 e. The zero-order chi connectivity index (χ0) is 13.4. The molecule has 0 radical (unpaired) electrons. The lowest BCUT2D eigenvalue weighted by Gasteiger charge is -2.32. The molecule has 7 heteroatoms. The minimum absolute atomic E-state index is 0.508. The van der Waals surface area contributed by atoms with Crippen molar-refractivity contribution in [3.63, 3.8) is 0 Å². The van der Waals surface area contributed by atoms with Gasteiger partial charge in [0.15, 0.2) is 5.01 Å². The molecule has 2 aromatic rings. The van der Waals surface area contributed by atoms with E-state index in [9.17, 15) is 0 Å². The van der Waals surface area contributed by atoms with Crippen molar-refractivity contribution in [1.82, 2.24) is 20.3 Å². The fourth-order valence-electron chi connectivity index (χ4n) is 3.28. The summed E-state index contributed by atoms with van der Waals surface area (Å²) in [6, 6.07) is 2.99. The molecule has 0 saturated carbocycles. The van der Waals surface area contributed by atoms with Crippen LogP contribution in [0, 0.1) is 0 Å². The number of piperidine rings is 1. The van der Waals surface area contributed by atoms with Crippen LogP contribution < -0.4 is 5.32 Å². The van der Waals surface area contributed by atoms with Gasteiger partial charge in [-0.25, -0.2) is 0 Å². The highest BCUT2D eigenvalue weighted by Crippen LogP contribution is 2.31. The van der Waals surface area contributed by atoms with Crippen LogP contribution in [0.15, 0.2) is 16.9 Å². The summed E-state index contributed by atoms with van der Waals surface area (Å²) >= 11 is 1.54. The maximum Gasteiger partial charge on any atom is 0.206 e. The van der Waals surface area contributed by atoms with Gasteiger partial charge in [0.2, 0.25) is 5.13 Å². The van der Waals surface area contributed by atoms with Crippen LogP contribution in [-0.4, -0.2) is 45.4 Å². The molecular formula is C13H17N5OS. The predicted molar refractivity (Wildman–Crippen MR) is 76.6 cm³/mol. The van der Waals surface area contributed by atoms with Crippen molar-refractivity contribution in [2.45, 2.75) is 37.8 Å². The highest BCUT2D eigenvalue weighted by molar-refractivity contribution is 7.18. The molecule has 4 heterocycles. The van der Waals surface area contributed by atoms with Gasteiger partial charge in [0.1, 0.15) is 12.0 Å². The first-order chi connectivity index (χ1) is 9.90. The van der Waals surface area contributed by atoms with Crippen LogP contribution in [0.4, 0.5) is 5.13 Å². The van der Waals surface area contributed by atoms with Gasteiger partial charge in [-0.15, -0.1) is 10.2 Å². The summed E-state index contributed by atoms with van der Waals surface area (Å²) in [5, 5.41) is 17.6. The molecule has 6 nitrogen and oxygen atoms in total. The Hall–Kier alpha value is -1.47. The number of hydrogen-bond acceptors (Lipinski definition) is 7. The van der Waals surface area contributed by atoms with E-state index < -0.39 is 0 Å². The molecule has 0 bridgehead atoms. The number of hydrogen-bond donors (Lipinski definition) is 1. The number of anilines is 1. The second-order valence-corrected chi connectivity index (χ2v) is 6.41. The van der Waals surface area contributed by atoms with Crippen LogP contribution in [0.3, 0.4) is 0 Å². The topological polar surface area (TPSA) is 67.1 Å². The van der Waals surface area contributed by atoms with Crippen LogP contribution in [0.2, 0.25) is 0 Å². The first-order valence-corrected chi connectivity index (χ1v) is 7.97. The Bertz CT molecular complexity index is 569. The van der Waals surface area contributed by atoms with Gasteiger partial charge in [0.05, 0.1) is 0 Å². The van der Waals surface area contributed by atoms with Gasteiger partial charge in [0, 0.05) is 24.7 Å². The van der Waals surface area contributed by atoms with Crippen molar-refractivity contribution >= 4 is 16.5 Å². The second kappa shape index (κ2) is 5.14. The van der Waals surface area contributed by atoms with Crippen molar-refractivity contribution in [2.75, 3.05) is 18.4 Å². The van der Waals surface area contributed by atoms with E-state index in [2.05, 4.69) is 25.6 Å². The molecular weight excluding hydrogens is 274 g/mol. The van der Waals surface area contributed by atoms with Gasteiger partial charge in [-0.05, 0) is 25.8 Å². The van der Waals surface area contributed by atoms with E-state index >= 15 is 0 Å². The van der Waals surface area contributed by atoms with Crippen LogP contribution in [0.25, 0.3) is 10.7 Å². The molecule has 2 aliphatic heterocycles. The maximum absolute atomic E-state index is 4.84. The summed E-state index contributed by atoms with van der Waals surface area (Å²) in [6.45, 7) is 2.46. The van der Waals surface area contributed by atoms with Crippen molar-refractivity contribution in [1.29, 1.82) is 0 Å².